The third kappa shape index (κ3) is 4.76. The fourth-order valence-corrected chi connectivity index (χ4v) is 5.15. The van der Waals surface area contributed by atoms with Gasteiger partial charge < -0.3 is 5.11 Å². The zero-order valence-electron chi connectivity index (χ0n) is 19.9. The molecule has 1 heterocycles. The van der Waals surface area contributed by atoms with E-state index in [1.54, 1.807) is 18.2 Å². The minimum atomic E-state index is -1.10. The molecule has 0 bridgehead atoms. The molecule has 0 amide bonds. The third-order valence-electron chi connectivity index (χ3n) is 6.84. The summed E-state index contributed by atoms with van der Waals surface area (Å²) in [6, 6.07) is 14.4. The van der Waals surface area contributed by atoms with Gasteiger partial charge >= 0.3 is 11.7 Å². The first kappa shape index (κ1) is 24.4. The normalized spacial score (nSPS) is 14.1. The van der Waals surface area contributed by atoms with Crippen LogP contribution in [0.1, 0.15) is 82.3 Å². The average molecular weight is 475 g/mol. The van der Waals surface area contributed by atoms with Crippen molar-refractivity contribution in [2.24, 2.45) is 5.92 Å². The van der Waals surface area contributed by atoms with Crippen molar-refractivity contribution in [3.8, 4) is 11.1 Å². The predicted molar refractivity (Wildman–Crippen MR) is 133 cm³/mol. The Morgan fingerprint density at radius 2 is 1.74 bits per heavy atom. The summed E-state index contributed by atoms with van der Waals surface area (Å²) in [4.78, 5) is 51.4. The van der Waals surface area contributed by atoms with E-state index >= 15 is 0 Å². The topological polar surface area (TPSA) is 98.4 Å². The largest absolute Gasteiger partial charge is 0.478 e. The molecule has 0 unspecified atom stereocenters. The molecule has 1 fully saturated rings. The molecular formula is C28H30N2O5. The van der Waals surface area contributed by atoms with Crippen LogP contribution in [-0.2, 0) is 13.0 Å². The molecule has 1 saturated carbocycles. The average Bonchev–Trinajstić information content (AvgIpc) is 3.14. The Labute approximate surface area is 204 Å². The van der Waals surface area contributed by atoms with Gasteiger partial charge in [-0.1, -0.05) is 81.1 Å². The first-order valence-corrected chi connectivity index (χ1v) is 12.2. The summed E-state index contributed by atoms with van der Waals surface area (Å²) in [5.41, 5.74) is 1.83. The number of carbonyl (C=O) groups is 3. The van der Waals surface area contributed by atoms with Crippen molar-refractivity contribution in [2.75, 3.05) is 0 Å². The summed E-state index contributed by atoms with van der Waals surface area (Å²) in [5, 5.41) is 10.1. The fourth-order valence-electron chi connectivity index (χ4n) is 5.15. The van der Waals surface area contributed by atoms with Gasteiger partial charge in [-0.15, -0.1) is 0 Å². The maximum absolute atomic E-state index is 13.6. The van der Waals surface area contributed by atoms with Gasteiger partial charge in [-0.25, -0.2) is 14.2 Å². The first-order chi connectivity index (χ1) is 17.0. The van der Waals surface area contributed by atoms with Gasteiger partial charge in [0.1, 0.15) is 5.69 Å². The second-order valence-corrected chi connectivity index (χ2v) is 9.09. The molecule has 0 aliphatic heterocycles. The second kappa shape index (κ2) is 10.7. The highest BCUT2D eigenvalue weighted by Gasteiger charge is 2.30. The fraction of sp³-hybridized carbons (Fsp3) is 0.357. The second-order valence-electron chi connectivity index (χ2n) is 9.09. The lowest BCUT2D eigenvalue weighted by Crippen LogP contribution is -2.35. The SMILES string of the molecule is CCCc1c(C=O)n(C(=O)C2CCCCC2)c(=O)n1Cc1cccc(-c2ccccc2)c1C(=O)O. The maximum Gasteiger partial charge on any atom is 0.336 e. The molecule has 182 valence electrons. The number of aldehydes is 1. The summed E-state index contributed by atoms with van der Waals surface area (Å²) in [5.74, 6) is -1.70. The molecule has 4 rings (SSSR count). The van der Waals surface area contributed by atoms with Crippen molar-refractivity contribution in [3.05, 3.63) is 81.5 Å². The molecule has 0 radical (unpaired) electrons. The quantitative estimate of drug-likeness (QED) is 0.461. The van der Waals surface area contributed by atoms with E-state index in [0.29, 0.717) is 48.8 Å². The highest BCUT2D eigenvalue weighted by molar-refractivity contribution is 5.97. The van der Waals surface area contributed by atoms with Gasteiger partial charge in [0.25, 0.3) is 0 Å². The number of hydrogen-bond donors (Lipinski definition) is 1. The molecule has 0 atom stereocenters. The van der Waals surface area contributed by atoms with Gasteiger partial charge in [-0.3, -0.25) is 14.2 Å². The van der Waals surface area contributed by atoms with Crippen molar-refractivity contribution in [3.63, 3.8) is 0 Å². The summed E-state index contributed by atoms with van der Waals surface area (Å²) in [6.45, 7) is 1.89. The van der Waals surface area contributed by atoms with Crippen LogP contribution in [0.25, 0.3) is 11.1 Å². The van der Waals surface area contributed by atoms with Gasteiger partial charge in [0.2, 0.25) is 5.91 Å². The Bertz CT molecular complexity index is 1300. The number of carbonyl (C=O) groups excluding carboxylic acids is 2. The Balaban J connectivity index is 1.85. The van der Waals surface area contributed by atoms with E-state index in [2.05, 4.69) is 0 Å². The monoisotopic (exact) mass is 474 g/mol. The van der Waals surface area contributed by atoms with Gasteiger partial charge in [0.15, 0.2) is 6.29 Å². The molecule has 1 N–H and O–H groups in total. The van der Waals surface area contributed by atoms with Crippen LogP contribution in [-0.4, -0.2) is 32.4 Å². The number of carboxylic acid groups (broad SMARTS) is 1. The standard InChI is InChI=1S/C28H30N2O5/c1-2-10-23-24(18-31)30(26(32)20-13-7-4-8-14-20)28(35)29(23)17-21-15-9-16-22(25(21)27(33)34)19-11-5-3-6-12-19/h3,5-6,9,11-12,15-16,18,20H,2,4,7-8,10,13-14,17H2,1H3,(H,33,34). The van der Waals surface area contributed by atoms with Gasteiger partial charge in [-0.2, -0.15) is 0 Å². The van der Waals surface area contributed by atoms with Crippen molar-refractivity contribution < 1.29 is 19.5 Å². The Morgan fingerprint density at radius 3 is 2.37 bits per heavy atom. The molecule has 0 saturated heterocycles. The Morgan fingerprint density at radius 1 is 1.03 bits per heavy atom. The van der Waals surface area contributed by atoms with E-state index in [0.717, 1.165) is 29.4 Å². The number of aromatic nitrogens is 2. The number of aromatic carboxylic acids is 1. The Hall–Kier alpha value is -3.74. The lowest BCUT2D eigenvalue weighted by Gasteiger charge is -2.20. The van der Waals surface area contributed by atoms with Crippen LogP contribution in [0.5, 0.6) is 0 Å². The Kier molecular flexibility index (Phi) is 7.44. The molecule has 7 heteroatoms. The number of rotatable bonds is 8. The minimum Gasteiger partial charge on any atom is -0.478 e. The van der Waals surface area contributed by atoms with Crippen LogP contribution in [0.15, 0.2) is 53.3 Å². The van der Waals surface area contributed by atoms with Crippen molar-refractivity contribution >= 4 is 18.2 Å². The number of carboxylic acids is 1. The molecule has 1 aromatic heterocycles. The van der Waals surface area contributed by atoms with Gasteiger partial charge in [0.05, 0.1) is 17.8 Å². The van der Waals surface area contributed by atoms with Crippen LogP contribution in [0.3, 0.4) is 0 Å². The summed E-state index contributed by atoms with van der Waals surface area (Å²) < 4.78 is 2.44. The highest BCUT2D eigenvalue weighted by atomic mass is 16.4. The summed E-state index contributed by atoms with van der Waals surface area (Å²) in [7, 11) is 0. The smallest absolute Gasteiger partial charge is 0.336 e. The van der Waals surface area contributed by atoms with Crippen LogP contribution in [0.2, 0.25) is 0 Å². The van der Waals surface area contributed by atoms with E-state index in [1.807, 2.05) is 37.3 Å². The van der Waals surface area contributed by atoms with E-state index in [-0.39, 0.29) is 29.6 Å². The van der Waals surface area contributed by atoms with E-state index < -0.39 is 11.7 Å². The lowest BCUT2D eigenvalue weighted by molar-refractivity contribution is 0.0695. The summed E-state index contributed by atoms with van der Waals surface area (Å²) in [6.07, 6.45) is 6.02. The summed E-state index contributed by atoms with van der Waals surface area (Å²) >= 11 is 0. The zero-order chi connectivity index (χ0) is 24.9. The molecule has 7 nitrogen and oxygen atoms in total. The minimum absolute atomic E-state index is 0.0394. The zero-order valence-corrected chi connectivity index (χ0v) is 19.9. The van der Waals surface area contributed by atoms with Crippen LogP contribution >= 0.6 is 0 Å². The van der Waals surface area contributed by atoms with Crippen molar-refractivity contribution in [1.82, 2.24) is 9.13 Å². The van der Waals surface area contributed by atoms with Gasteiger partial charge in [0, 0.05) is 5.92 Å². The van der Waals surface area contributed by atoms with Crippen LogP contribution in [0, 0.1) is 5.92 Å². The molecule has 2 aromatic carbocycles. The number of imidazole rings is 1. The number of benzene rings is 2. The molecule has 35 heavy (non-hydrogen) atoms. The van der Waals surface area contributed by atoms with Crippen molar-refractivity contribution in [1.29, 1.82) is 0 Å². The van der Waals surface area contributed by atoms with Crippen LogP contribution < -0.4 is 5.69 Å². The van der Waals surface area contributed by atoms with Crippen molar-refractivity contribution in [2.45, 2.75) is 58.4 Å². The first-order valence-electron chi connectivity index (χ1n) is 12.2. The third-order valence-corrected chi connectivity index (χ3v) is 6.84. The molecular weight excluding hydrogens is 444 g/mol. The molecule has 0 spiro atoms. The molecule has 1 aliphatic rings. The van der Waals surface area contributed by atoms with E-state index in [4.69, 9.17) is 0 Å². The number of nitrogens with zero attached hydrogens (tertiary/aromatic N) is 2. The lowest BCUT2D eigenvalue weighted by atomic mass is 9.88. The molecule has 1 aliphatic carbocycles. The van der Waals surface area contributed by atoms with E-state index in [9.17, 15) is 24.3 Å². The highest BCUT2D eigenvalue weighted by Crippen LogP contribution is 2.28. The predicted octanol–water partition coefficient (Wildman–Crippen LogP) is 5.05. The molecule has 3 aromatic rings. The van der Waals surface area contributed by atoms with Crippen LogP contribution in [0.4, 0.5) is 0 Å². The number of hydrogen-bond acceptors (Lipinski definition) is 4. The van der Waals surface area contributed by atoms with E-state index in [1.165, 1.54) is 4.57 Å². The van der Waals surface area contributed by atoms with Gasteiger partial charge in [-0.05, 0) is 36.0 Å². The maximum atomic E-state index is 13.6.